The van der Waals surface area contributed by atoms with E-state index in [9.17, 15) is 4.79 Å². The molecule has 5 aromatic rings. The van der Waals surface area contributed by atoms with E-state index in [0.29, 0.717) is 53.6 Å². The molecule has 0 bridgehead atoms. The summed E-state index contributed by atoms with van der Waals surface area (Å²) in [6.45, 7) is 1.04. The number of piperidine rings is 1. The molecule has 1 aliphatic rings. The first-order valence-corrected chi connectivity index (χ1v) is 11.8. The van der Waals surface area contributed by atoms with Crippen molar-refractivity contribution in [3.05, 3.63) is 70.4 Å². The van der Waals surface area contributed by atoms with Crippen LogP contribution in [0, 0.1) is 0 Å². The summed E-state index contributed by atoms with van der Waals surface area (Å²) in [5.74, 6) is 1.06. The zero-order valence-electron chi connectivity index (χ0n) is 18.2. The van der Waals surface area contributed by atoms with Crippen LogP contribution in [0.25, 0.3) is 33.9 Å². The molecule has 1 N–H and O–H groups in total. The lowest BCUT2D eigenvalue weighted by molar-refractivity contribution is 0.0656. The number of aromatic nitrogens is 5. The van der Waals surface area contributed by atoms with Crippen LogP contribution in [0.15, 0.2) is 57.5 Å². The smallest absolute Gasteiger partial charge is 0.316 e. The Morgan fingerprint density at radius 2 is 1.77 bits per heavy atom. The number of carbonyl (C=O) groups is 1. The standard InChI is InChI=1S/C24H18Cl2N6O3/c25-16-3-1-13(2-4-16)20-28-23(35-31-20)24(33)32-9-7-14(8-10-32)21-29-30-22(34-21)19-12-15-11-17(26)5-6-18(15)27-19/h1-6,11-12,14,27H,7-10H2. The van der Waals surface area contributed by atoms with E-state index in [1.165, 1.54) is 0 Å². The third-order valence-electron chi connectivity index (χ3n) is 6.10. The maximum Gasteiger partial charge on any atom is 0.316 e. The number of hydrogen-bond acceptors (Lipinski definition) is 7. The maximum absolute atomic E-state index is 12.9. The van der Waals surface area contributed by atoms with Crippen LogP contribution in [-0.4, -0.2) is 49.2 Å². The Kier molecular flexibility index (Phi) is 5.50. The van der Waals surface area contributed by atoms with Gasteiger partial charge in [-0.15, -0.1) is 10.2 Å². The fraction of sp³-hybridized carbons (Fsp3) is 0.208. The van der Waals surface area contributed by atoms with E-state index in [0.717, 1.165) is 22.2 Å². The molecule has 1 aliphatic heterocycles. The Morgan fingerprint density at radius 3 is 2.57 bits per heavy atom. The minimum absolute atomic E-state index is 0.0348. The van der Waals surface area contributed by atoms with Crippen LogP contribution in [0.5, 0.6) is 0 Å². The molecule has 0 atom stereocenters. The lowest BCUT2D eigenvalue weighted by Gasteiger charge is -2.29. The predicted molar refractivity (Wildman–Crippen MR) is 129 cm³/mol. The van der Waals surface area contributed by atoms with Crippen LogP contribution >= 0.6 is 23.2 Å². The van der Waals surface area contributed by atoms with Gasteiger partial charge in [0.2, 0.25) is 11.7 Å². The molecule has 6 rings (SSSR count). The van der Waals surface area contributed by atoms with Gasteiger partial charge in [0.05, 0.1) is 0 Å². The summed E-state index contributed by atoms with van der Waals surface area (Å²) in [6.07, 6.45) is 1.38. The van der Waals surface area contributed by atoms with Gasteiger partial charge in [0.25, 0.3) is 5.89 Å². The Morgan fingerprint density at radius 1 is 1.00 bits per heavy atom. The summed E-state index contributed by atoms with van der Waals surface area (Å²) < 4.78 is 11.2. The highest BCUT2D eigenvalue weighted by molar-refractivity contribution is 6.31. The van der Waals surface area contributed by atoms with E-state index in [1.807, 2.05) is 24.3 Å². The SMILES string of the molecule is O=C(c1nc(-c2ccc(Cl)cc2)no1)N1CCC(c2nnc(-c3cc4cc(Cl)ccc4[nH]3)o2)CC1. The van der Waals surface area contributed by atoms with Gasteiger partial charge in [-0.3, -0.25) is 4.79 Å². The van der Waals surface area contributed by atoms with E-state index in [4.69, 9.17) is 32.1 Å². The molecule has 0 radical (unpaired) electrons. The van der Waals surface area contributed by atoms with Gasteiger partial charge < -0.3 is 18.8 Å². The molecule has 4 heterocycles. The molecule has 0 saturated carbocycles. The molecular weight excluding hydrogens is 491 g/mol. The van der Waals surface area contributed by atoms with Crippen molar-refractivity contribution in [2.45, 2.75) is 18.8 Å². The number of amides is 1. The highest BCUT2D eigenvalue weighted by Gasteiger charge is 2.30. The molecule has 11 heteroatoms. The second-order valence-corrected chi connectivity index (χ2v) is 9.23. The highest BCUT2D eigenvalue weighted by atomic mass is 35.5. The molecule has 3 aromatic heterocycles. The molecule has 1 amide bonds. The van der Waals surface area contributed by atoms with Crippen molar-refractivity contribution in [2.24, 2.45) is 0 Å². The Bertz CT molecular complexity index is 1520. The monoisotopic (exact) mass is 508 g/mol. The van der Waals surface area contributed by atoms with Gasteiger partial charge in [0.1, 0.15) is 5.69 Å². The molecule has 9 nitrogen and oxygen atoms in total. The quantitative estimate of drug-likeness (QED) is 0.336. The normalized spacial score (nSPS) is 14.6. The number of fused-ring (bicyclic) bond motifs is 1. The minimum Gasteiger partial charge on any atom is -0.419 e. The first-order chi connectivity index (χ1) is 17.0. The van der Waals surface area contributed by atoms with E-state index < -0.39 is 0 Å². The largest absolute Gasteiger partial charge is 0.419 e. The lowest BCUT2D eigenvalue weighted by atomic mass is 9.97. The number of likely N-dealkylation sites (tertiary alicyclic amines) is 1. The number of benzene rings is 2. The van der Waals surface area contributed by atoms with Crippen molar-refractivity contribution in [2.75, 3.05) is 13.1 Å². The van der Waals surface area contributed by atoms with Gasteiger partial charge in [0, 0.05) is 45.5 Å². The summed E-state index contributed by atoms with van der Waals surface area (Å²) in [5, 5.41) is 14.6. The number of halogens is 2. The molecule has 0 aliphatic carbocycles. The van der Waals surface area contributed by atoms with Crippen LogP contribution in [0.3, 0.4) is 0 Å². The van der Waals surface area contributed by atoms with Gasteiger partial charge in [0.15, 0.2) is 0 Å². The van der Waals surface area contributed by atoms with Crippen molar-refractivity contribution in [3.63, 3.8) is 0 Å². The predicted octanol–water partition coefficient (Wildman–Crippen LogP) is 5.59. The lowest BCUT2D eigenvalue weighted by Crippen LogP contribution is -2.38. The number of carbonyl (C=O) groups excluding carboxylic acids is 1. The second kappa shape index (κ2) is 8.83. The molecule has 1 saturated heterocycles. The van der Waals surface area contributed by atoms with Gasteiger partial charge in [-0.25, -0.2) is 0 Å². The first-order valence-electron chi connectivity index (χ1n) is 11.0. The fourth-order valence-electron chi connectivity index (χ4n) is 4.22. The molecule has 0 spiro atoms. The summed E-state index contributed by atoms with van der Waals surface area (Å²) in [4.78, 5) is 22.1. The number of hydrogen-bond donors (Lipinski definition) is 1. The number of aromatic amines is 1. The number of nitrogens with one attached hydrogen (secondary N) is 1. The molecule has 2 aromatic carbocycles. The average molecular weight is 509 g/mol. The van der Waals surface area contributed by atoms with Crippen LogP contribution in [0.2, 0.25) is 10.0 Å². The Hall–Kier alpha value is -3.69. The molecule has 1 fully saturated rings. The summed E-state index contributed by atoms with van der Waals surface area (Å²) >= 11 is 12.0. The van der Waals surface area contributed by atoms with Gasteiger partial charge >= 0.3 is 11.8 Å². The second-order valence-electron chi connectivity index (χ2n) is 8.36. The van der Waals surface area contributed by atoms with Crippen molar-refractivity contribution in [1.82, 2.24) is 30.2 Å². The van der Waals surface area contributed by atoms with Gasteiger partial charge in [-0.2, -0.15) is 4.98 Å². The third kappa shape index (κ3) is 4.28. The minimum atomic E-state index is -0.292. The summed E-state index contributed by atoms with van der Waals surface area (Å²) in [5.41, 5.74) is 2.40. The molecule has 0 unspecified atom stereocenters. The average Bonchev–Trinajstić information content (AvgIpc) is 3.63. The highest BCUT2D eigenvalue weighted by Crippen LogP contribution is 2.31. The van der Waals surface area contributed by atoms with Crippen molar-refractivity contribution in [1.29, 1.82) is 0 Å². The molecule has 176 valence electrons. The van der Waals surface area contributed by atoms with E-state index in [1.54, 1.807) is 29.2 Å². The van der Waals surface area contributed by atoms with Crippen molar-refractivity contribution < 1.29 is 13.7 Å². The third-order valence-corrected chi connectivity index (χ3v) is 6.58. The fourth-order valence-corrected chi connectivity index (χ4v) is 4.52. The molecular formula is C24H18Cl2N6O3. The van der Waals surface area contributed by atoms with Gasteiger partial charge in [-0.05, 0) is 61.4 Å². The zero-order valence-corrected chi connectivity index (χ0v) is 19.8. The number of H-pyrrole nitrogens is 1. The zero-order chi connectivity index (χ0) is 23.9. The van der Waals surface area contributed by atoms with Crippen LogP contribution in [0.4, 0.5) is 0 Å². The number of nitrogens with zero attached hydrogens (tertiary/aromatic N) is 5. The van der Waals surface area contributed by atoms with Crippen LogP contribution in [-0.2, 0) is 0 Å². The first kappa shape index (κ1) is 21.8. The van der Waals surface area contributed by atoms with Crippen LogP contribution < -0.4 is 0 Å². The van der Waals surface area contributed by atoms with Crippen molar-refractivity contribution >= 4 is 40.0 Å². The molecule has 35 heavy (non-hydrogen) atoms. The van der Waals surface area contributed by atoms with Crippen LogP contribution in [0.1, 0.15) is 35.3 Å². The Balaban J connectivity index is 1.11. The summed E-state index contributed by atoms with van der Waals surface area (Å²) in [6, 6.07) is 14.6. The van der Waals surface area contributed by atoms with E-state index in [2.05, 4.69) is 25.3 Å². The number of rotatable bonds is 4. The summed E-state index contributed by atoms with van der Waals surface area (Å²) in [7, 11) is 0. The van der Waals surface area contributed by atoms with E-state index in [-0.39, 0.29) is 17.7 Å². The Labute approximate surface area is 209 Å². The topological polar surface area (TPSA) is 114 Å². The van der Waals surface area contributed by atoms with Gasteiger partial charge in [-0.1, -0.05) is 28.4 Å². The maximum atomic E-state index is 12.9. The van der Waals surface area contributed by atoms with Crippen molar-refractivity contribution in [3.8, 4) is 23.0 Å². The van der Waals surface area contributed by atoms with E-state index >= 15 is 0 Å².